The Morgan fingerprint density at radius 3 is 2.64 bits per heavy atom. The van der Waals surface area contributed by atoms with E-state index >= 15 is 0 Å². The maximum Gasteiger partial charge on any atom is 0.223 e. The largest absolute Gasteiger partial charge is 0.483 e. The van der Waals surface area contributed by atoms with Crippen LogP contribution in [-0.4, -0.2) is 30.9 Å². The molecule has 1 aliphatic carbocycles. The number of unbranched alkanes of at least 4 members (excludes halogenated alkanes) is 1. The van der Waals surface area contributed by atoms with E-state index in [1.165, 1.54) is 12.1 Å². The highest BCUT2D eigenvalue weighted by atomic mass is 19.1. The number of benzene rings is 1. The van der Waals surface area contributed by atoms with Crippen LogP contribution in [0.15, 0.2) is 24.3 Å². The summed E-state index contributed by atoms with van der Waals surface area (Å²) < 4.78 is 18.9. The van der Waals surface area contributed by atoms with Crippen molar-refractivity contribution < 1.29 is 18.7 Å². The fourth-order valence-electron chi connectivity index (χ4n) is 3.10. The van der Waals surface area contributed by atoms with Crippen LogP contribution >= 0.6 is 0 Å². The smallest absolute Gasteiger partial charge is 0.223 e. The summed E-state index contributed by atoms with van der Waals surface area (Å²) in [5.41, 5.74) is 5.50. The lowest BCUT2D eigenvalue weighted by molar-refractivity contribution is -0.131. The number of rotatable bonds is 10. The molecule has 3 N–H and O–H groups in total. The van der Waals surface area contributed by atoms with Gasteiger partial charge in [-0.15, -0.1) is 0 Å². The van der Waals surface area contributed by atoms with Crippen LogP contribution in [0.1, 0.15) is 44.9 Å². The topological polar surface area (TPSA) is 81.4 Å². The molecule has 1 atom stereocenters. The zero-order valence-corrected chi connectivity index (χ0v) is 14.5. The second-order valence-corrected chi connectivity index (χ2v) is 6.51. The van der Waals surface area contributed by atoms with E-state index < -0.39 is 11.9 Å². The van der Waals surface area contributed by atoms with Gasteiger partial charge in [0.2, 0.25) is 5.91 Å². The van der Waals surface area contributed by atoms with E-state index in [9.17, 15) is 14.0 Å². The maximum atomic E-state index is 13.6. The molecule has 6 heteroatoms. The van der Waals surface area contributed by atoms with Gasteiger partial charge in [0.15, 0.2) is 17.3 Å². The van der Waals surface area contributed by atoms with Crippen molar-refractivity contribution in [2.24, 2.45) is 11.7 Å². The molecule has 2 rings (SSSR count). The first-order valence-corrected chi connectivity index (χ1v) is 9.02. The van der Waals surface area contributed by atoms with Gasteiger partial charge in [-0.2, -0.15) is 0 Å². The second kappa shape index (κ2) is 10.1. The van der Waals surface area contributed by atoms with E-state index in [0.717, 1.165) is 38.5 Å². The molecular weight excluding hydrogens is 323 g/mol. The highest BCUT2D eigenvalue weighted by molar-refractivity contribution is 5.90. The molecule has 1 aromatic rings. The Bertz CT molecular complexity index is 574. The molecule has 0 heterocycles. The summed E-state index contributed by atoms with van der Waals surface area (Å²) in [6.45, 7) is 0.280. The van der Waals surface area contributed by atoms with E-state index in [4.69, 9.17) is 10.5 Å². The third kappa shape index (κ3) is 6.12. The molecule has 1 aromatic carbocycles. The van der Waals surface area contributed by atoms with Crippen molar-refractivity contribution >= 4 is 11.7 Å². The molecule has 1 unspecified atom stereocenters. The summed E-state index contributed by atoms with van der Waals surface area (Å²) >= 11 is 0. The first-order valence-electron chi connectivity index (χ1n) is 9.02. The predicted molar refractivity (Wildman–Crippen MR) is 93.7 cm³/mol. The molecule has 5 nitrogen and oxygen atoms in total. The normalized spacial score (nSPS) is 15.8. The minimum absolute atomic E-state index is 0.00250. The molecule has 0 spiro atoms. The van der Waals surface area contributed by atoms with Crippen molar-refractivity contribution in [2.45, 2.75) is 51.0 Å². The summed E-state index contributed by atoms with van der Waals surface area (Å²) in [6, 6.07) is 5.35. The molecule has 0 bridgehead atoms. The van der Waals surface area contributed by atoms with Crippen LogP contribution in [0.2, 0.25) is 0 Å². The Balaban J connectivity index is 1.91. The average molecular weight is 350 g/mol. The van der Waals surface area contributed by atoms with Crippen molar-refractivity contribution in [1.82, 2.24) is 5.32 Å². The van der Waals surface area contributed by atoms with Gasteiger partial charge in [0.05, 0.1) is 6.04 Å². The summed E-state index contributed by atoms with van der Waals surface area (Å²) in [5.74, 6) is -0.776. The van der Waals surface area contributed by atoms with E-state index in [1.54, 1.807) is 12.1 Å². The van der Waals surface area contributed by atoms with Gasteiger partial charge < -0.3 is 15.8 Å². The fourth-order valence-corrected chi connectivity index (χ4v) is 3.10. The molecule has 0 saturated heterocycles. The van der Waals surface area contributed by atoms with Crippen LogP contribution in [0.25, 0.3) is 0 Å². The summed E-state index contributed by atoms with van der Waals surface area (Å²) in [7, 11) is 0. The first-order chi connectivity index (χ1) is 12.1. The van der Waals surface area contributed by atoms with Gasteiger partial charge in [-0.25, -0.2) is 4.39 Å². The Kier molecular flexibility index (Phi) is 7.85. The zero-order valence-electron chi connectivity index (χ0n) is 14.5. The monoisotopic (exact) mass is 350 g/mol. The van der Waals surface area contributed by atoms with Gasteiger partial charge in [0.25, 0.3) is 0 Å². The third-order valence-corrected chi connectivity index (χ3v) is 4.58. The number of nitrogens with two attached hydrogens (primary N) is 1. The molecule has 138 valence electrons. The standard InChI is InChI=1S/C19H27FN2O3/c20-15-9-3-4-11-18(15)25-13-17(23)16(10-5-6-12-21)22-19(24)14-7-1-2-8-14/h3-4,9,11,14,16H,1-2,5-8,10,12-13,21H2,(H,22,24). The predicted octanol–water partition coefficient (Wildman–Crippen LogP) is 2.58. The van der Waals surface area contributed by atoms with Gasteiger partial charge in [0, 0.05) is 5.92 Å². The van der Waals surface area contributed by atoms with Crippen molar-refractivity contribution in [2.75, 3.05) is 13.2 Å². The number of halogens is 1. The average Bonchev–Trinajstić information content (AvgIpc) is 3.15. The minimum Gasteiger partial charge on any atom is -0.483 e. The van der Waals surface area contributed by atoms with E-state index in [-0.39, 0.29) is 30.0 Å². The summed E-state index contributed by atoms with van der Waals surface area (Å²) in [4.78, 5) is 24.8. The number of ether oxygens (including phenoxy) is 1. The summed E-state index contributed by atoms with van der Waals surface area (Å²) in [5, 5.41) is 2.87. The van der Waals surface area contributed by atoms with E-state index in [1.807, 2.05) is 0 Å². The molecule has 0 aromatic heterocycles. The lowest BCUT2D eigenvalue weighted by atomic mass is 10.0. The van der Waals surface area contributed by atoms with E-state index in [0.29, 0.717) is 13.0 Å². The Labute approximate surface area is 148 Å². The van der Waals surface area contributed by atoms with Crippen LogP contribution in [0.4, 0.5) is 4.39 Å². The minimum atomic E-state index is -0.605. The molecule has 25 heavy (non-hydrogen) atoms. The number of hydrogen-bond acceptors (Lipinski definition) is 4. The third-order valence-electron chi connectivity index (χ3n) is 4.58. The van der Waals surface area contributed by atoms with Crippen molar-refractivity contribution in [3.05, 3.63) is 30.1 Å². The van der Waals surface area contributed by atoms with E-state index in [2.05, 4.69) is 5.32 Å². The molecular formula is C19H27FN2O3. The van der Waals surface area contributed by atoms with Gasteiger partial charge in [-0.1, -0.05) is 25.0 Å². The van der Waals surface area contributed by atoms with Crippen molar-refractivity contribution in [3.8, 4) is 5.75 Å². The van der Waals surface area contributed by atoms with Crippen LogP contribution in [0.5, 0.6) is 5.75 Å². The number of nitrogens with one attached hydrogen (secondary N) is 1. The number of carbonyl (C=O) groups is 2. The highest BCUT2D eigenvalue weighted by Crippen LogP contribution is 2.25. The lowest BCUT2D eigenvalue weighted by Gasteiger charge is -2.20. The molecule has 1 fully saturated rings. The number of Topliss-reactive ketones (excluding diaryl/α,β-unsaturated/α-hetero) is 1. The van der Waals surface area contributed by atoms with Crippen molar-refractivity contribution in [3.63, 3.8) is 0 Å². The number of amides is 1. The molecule has 0 radical (unpaired) electrons. The molecule has 0 aliphatic heterocycles. The fraction of sp³-hybridized carbons (Fsp3) is 0.579. The zero-order chi connectivity index (χ0) is 18.1. The molecule has 1 saturated carbocycles. The van der Waals surface area contributed by atoms with Gasteiger partial charge in [-0.05, 0) is 50.8 Å². The number of ketones is 1. The molecule has 1 aliphatic rings. The van der Waals surface area contributed by atoms with Crippen molar-refractivity contribution in [1.29, 1.82) is 0 Å². The van der Waals surface area contributed by atoms with Crippen LogP contribution in [-0.2, 0) is 9.59 Å². The number of hydrogen-bond donors (Lipinski definition) is 2. The highest BCUT2D eigenvalue weighted by Gasteiger charge is 2.27. The maximum absolute atomic E-state index is 13.6. The summed E-state index contributed by atoms with van der Waals surface area (Å²) in [6.07, 6.45) is 5.92. The van der Waals surface area contributed by atoms with Crippen LogP contribution in [0.3, 0.4) is 0 Å². The first kappa shape index (κ1) is 19.4. The number of para-hydroxylation sites is 1. The Morgan fingerprint density at radius 2 is 1.96 bits per heavy atom. The lowest BCUT2D eigenvalue weighted by Crippen LogP contribution is -2.45. The SMILES string of the molecule is NCCCCC(NC(=O)C1CCCC1)C(=O)COc1ccccc1F. The van der Waals surface area contributed by atoms with Gasteiger partial charge in [-0.3, -0.25) is 9.59 Å². The van der Waals surface area contributed by atoms with Gasteiger partial charge >= 0.3 is 0 Å². The van der Waals surface area contributed by atoms with Crippen LogP contribution in [0, 0.1) is 11.7 Å². The number of carbonyl (C=O) groups excluding carboxylic acids is 2. The van der Waals surface area contributed by atoms with Crippen LogP contribution < -0.4 is 15.8 Å². The quantitative estimate of drug-likeness (QED) is 0.636. The molecule has 1 amide bonds. The Hall–Kier alpha value is -1.95. The van der Waals surface area contributed by atoms with Gasteiger partial charge in [0.1, 0.15) is 6.61 Å². The second-order valence-electron chi connectivity index (χ2n) is 6.51. The Morgan fingerprint density at radius 1 is 1.24 bits per heavy atom.